The van der Waals surface area contributed by atoms with Crippen LogP contribution in [0, 0.1) is 6.92 Å². The van der Waals surface area contributed by atoms with Gasteiger partial charge in [0.15, 0.2) is 5.58 Å². The molecule has 6 heteroatoms. The fourth-order valence-electron chi connectivity index (χ4n) is 3.70. The average Bonchev–Trinajstić information content (AvgIpc) is 3.10. The fraction of sp³-hybridized carbons (Fsp3) is 0.389. The molecule has 1 aliphatic carbocycles. The Morgan fingerprint density at radius 1 is 1.42 bits per heavy atom. The number of hydrogen-bond acceptors (Lipinski definition) is 4. The van der Waals surface area contributed by atoms with Crippen molar-refractivity contribution < 1.29 is 9.32 Å². The molecule has 2 heterocycles. The van der Waals surface area contributed by atoms with E-state index in [2.05, 4.69) is 15.6 Å². The lowest BCUT2D eigenvalue weighted by Gasteiger charge is -2.24. The molecule has 3 aromatic rings. The van der Waals surface area contributed by atoms with E-state index in [0.717, 1.165) is 30.3 Å². The normalized spacial score (nSPS) is 17.0. The van der Waals surface area contributed by atoms with E-state index < -0.39 is 0 Å². The molecule has 0 radical (unpaired) electrons. The zero-order valence-electron chi connectivity index (χ0n) is 13.9. The van der Waals surface area contributed by atoms with E-state index in [0.29, 0.717) is 11.3 Å². The number of nitrogens with zero attached hydrogens (tertiary/aromatic N) is 3. The SMILES string of the molecule is Cc1nn(C)c2c1C(NC(=O)Cc1noc3ccccc13)CCC2. The second-order valence-corrected chi connectivity index (χ2v) is 6.38. The Hall–Kier alpha value is -2.63. The van der Waals surface area contributed by atoms with Crippen molar-refractivity contribution >= 4 is 16.9 Å². The predicted molar refractivity (Wildman–Crippen MR) is 89.5 cm³/mol. The molecular weight excluding hydrogens is 304 g/mol. The molecular formula is C18H20N4O2. The first-order valence-corrected chi connectivity index (χ1v) is 8.28. The average molecular weight is 324 g/mol. The second kappa shape index (κ2) is 5.78. The van der Waals surface area contributed by atoms with Gasteiger partial charge < -0.3 is 9.84 Å². The summed E-state index contributed by atoms with van der Waals surface area (Å²) in [4.78, 5) is 12.5. The number of benzene rings is 1. The molecule has 1 aromatic carbocycles. The van der Waals surface area contributed by atoms with Crippen molar-refractivity contribution in [1.29, 1.82) is 0 Å². The minimum absolute atomic E-state index is 0.0323. The van der Waals surface area contributed by atoms with Crippen LogP contribution in [0.4, 0.5) is 0 Å². The topological polar surface area (TPSA) is 73.0 Å². The summed E-state index contributed by atoms with van der Waals surface area (Å²) in [5.41, 5.74) is 4.81. The highest BCUT2D eigenvalue weighted by atomic mass is 16.5. The Bertz CT molecular complexity index is 909. The van der Waals surface area contributed by atoms with Crippen LogP contribution < -0.4 is 5.32 Å². The Morgan fingerprint density at radius 2 is 2.25 bits per heavy atom. The Labute approximate surface area is 139 Å². The summed E-state index contributed by atoms with van der Waals surface area (Å²) in [6.45, 7) is 2.01. The van der Waals surface area contributed by atoms with Crippen LogP contribution in [0.15, 0.2) is 28.8 Å². The molecule has 1 N–H and O–H groups in total. The maximum Gasteiger partial charge on any atom is 0.226 e. The van der Waals surface area contributed by atoms with Crippen LogP contribution in [0.3, 0.4) is 0 Å². The first kappa shape index (κ1) is 14.9. The first-order chi connectivity index (χ1) is 11.6. The lowest BCUT2D eigenvalue weighted by atomic mass is 9.91. The van der Waals surface area contributed by atoms with Gasteiger partial charge in [0, 0.05) is 23.7 Å². The highest BCUT2D eigenvalue weighted by molar-refractivity contribution is 5.86. The van der Waals surface area contributed by atoms with Crippen molar-refractivity contribution in [3.8, 4) is 0 Å². The van der Waals surface area contributed by atoms with Crippen molar-refractivity contribution in [2.75, 3.05) is 0 Å². The quantitative estimate of drug-likeness (QED) is 0.804. The Kier molecular flexibility index (Phi) is 3.59. The van der Waals surface area contributed by atoms with Crippen LogP contribution in [0.25, 0.3) is 11.0 Å². The summed E-state index contributed by atoms with van der Waals surface area (Å²) < 4.78 is 7.21. The van der Waals surface area contributed by atoms with Gasteiger partial charge >= 0.3 is 0 Å². The summed E-state index contributed by atoms with van der Waals surface area (Å²) in [6.07, 6.45) is 3.25. The molecule has 0 fully saturated rings. The van der Waals surface area contributed by atoms with Crippen molar-refractivity contribution in [2.45, 2.75) is 38.6 Å². The van der Waals surface area contributed by atoms with Crippen molar-refractivity contribution in [3.63, 3.8) is 0 Å². The molecule has 0 spiro atoms. The largest absolute Gasteiger partial charge is 0.356 e. The maximum atomic E-state index is 12.5. The molecule has 0 saturated carbocycles. The van der Waals surface area contributed by atoms with E-state index in [1.165, 1.54) is 11.3 Å². The summed E-state index contributed by atoms with van der Waals surface area (Å²) in [5, 5.41) is 12.6. The fourth-order valence-corrected chi connectivity index (χ4v) is 3.70. The number of hydrogen-bond donors (Lipinski definition) is 1. The number of amides is 1. The van der Waals surface area contributed by atoms with E-state index >= 15 is 0 Å². The summed E-state index contributed by atoms with van der Waals surface area (Å²) in [5.74, 6) is -0.0323. The molecule has 2 aromatic heterocycles. The highest BCUT2D eigenvalue weighted by Gasteiger charge is 2.27. The Balaban J connectivity index is 1.53. The van der Waals surface area contributed by atoms with E-state index in [4.69, 9.17) is 4.52 Å². The number of para-hydroxylation sites is 1. The van der Waals surface area contributed by atoms with Crippen LogP contribution in [0.5, 0.6) is 0 Å². The second-order valence-electron chi connectivity index (χ2n) is 6.38. The van der Waals surface area contributed by atoms with Gasteiger partial charge in [0.05, 0.1) is 18.2 Å². The summed E-state index contributed by atoms with van der Waals surface area (Å²) >= 11 is 0. The summed E-state index contributed by atoms with van der Waals surface area (Å²) in [7, 11) is 1.97. The standard InChI is InChI=1S/C18H20N4O2/c1-11-18-13(7-5-8-15(18)22(2)20-11)19-17(23)10-14-12-6-3-4-9-16(12)24-21-14/h3-4,6,9,13H,5,7-8,10H2,1-2H3,(H,19,23). The van der Waals surface area contributed by atoms with Crippen molar-refractivity contribution in [1.82, 2.24) is 20.3 Å². The molecule has 6 nitrogen and oxygen atoms in total. The van der Waals surface area contributed by atoms with E-state index in [1.54, 1.807) is 0 Å². The lowest BCUT2D eigenvalue weighted by molar-refractivity contribution is -0.121. The predicted octanol–water partition coefficient (Wildman–Crippen LogP) is 2.61. The van der Waals surface area contributed by atoms with Gasteiger partial charge in [-0.3, -0.25) is 9.48 Å². The number of nitrogens with one attached hydrogen (secondary N) is 1. The molecule has 124 valence electrons. The van der Waals surface area contributed by atoms with Gasteiger partial charge in [-0.15, -0.1) is 0 Å². The minimum Gasteiger partial charge on any atom is -0.356 e. The van der Waals surface area contributed by atoms with Gasteiger partial charge in [-0.25, -0.2) is 0 Å². The lowest BCUT2D eigenvalue weighted by Crippen LogP contribution is -2.32. The molecule has 1 atom stereocenters. The van der Waals surface area contributed by atoms with Crippen molar-refractivity contribution in [3.05, 3.63) is 46.9 Å². The third-order valence-electron chi connectivity index (χ3n) is 4.76. The number of aryl methyl sites for hydroxylation is 2. The van der Waals surface area contributed by atoms with Crippen LogP contribution in [-0.4, -0.2) is 20.8 Å². The first-order valence-electron chi connectivity index (χ1n) is 8.28. The van der Waals surface area contributed by atoms with E-state index in [9.17, 15) is 4.79 Å². The third kappa shape index (κ3) is 2.48. The van der Waals surface area contributed by atoms with Crippen LogP contribution in [-0.2, 0) is 24.7 Å². The summed E-state index contributed by atoms with van der Waals surface area (Å²) in [6, 6.07) is 7.64. The van der Waals surface area contributed by atoms with Gasteiger partial charge in [-0.05, 0) is 38.3 Å². The van der Waals surface area contributed by atoms with E-state index in [-0.39, 0.29) is 18.4 Å². The van der Waals surface area contributed by atoms with Crippen molar-refractivity contribution in [2.24, 2.45) is 7.05 Å². The molecule has 0 aliphatic heterocycles. The van der Waals surface area contributed by atoms with Gasteiger partial charge in [0.2, 0.25) is 5.91 Å². The van der Waals surface area contributed by atoms with Gasteiger partial charge in [0.1, 0.15) is 5.69 Å². The number of rotatable bonds is 3. The number of fused-ring (bicyclic) bond motifs is 2. The molecule has 1 amide bonds. The Morgan fingerprint density at radius 3 is 3.12 bits per heavy atom. The molecule has 4 rings (SSSR count). The monoisotopic (exact) mass is 324 g/mol. The minimum atomic E-state index is -0.0323. The van der Waals surface area contributed by atoms with Crippen LogP contribution in [0.1, 0.15) is 41.5 Å². The molecule has 0 bridgehead atoms. The smallest absolute Gasteiger partial charge is 0.226 e. The highest BCUT2D eigenvalue weighted by Crippen LogP contribution is 2.32. The van der Waals surface area contributed by atoms with Gasteiger partial charge in [-0.1, -0.05) is 17.3 Å². The molecule has 24 heavy (non-hydrogen) atoms. The number of aromatic nitrogens is 3. The van der Waals surface area contributed by atoms with E-state index in [1.807, 2.05) is 42.9 Å². The van der Waals surface area contributed by atoms with Crippen LogP contribution in [0.2, 0.25) is 0 Å². The maximum absolute atomic E-state index is 12.5. The zero-order valence-corrected chi connectivity index (χ0v) is 13.9. The molecule has 1 unspecified atom stereocenters. The van der Waals surface area contributed by atoms with Gasteiger partial charge in [0.25, 0.3) is 0 Å². The third-order valence-corrected chi connectivity index (χ3v) is 4.76. The van der Waals surface area contributed by atoms with Gasteiger partial charge in [-0.2, -0.15) is 5.10 Å². The zero-order chi connectivity index (χ0) is 16.7. The molecule has 0 saturated heterocycles. The molecule has 1 aliphatic rings. The number of carbonyl (C=O) groups excluding carboxylic acids is 1. The van der Waals surface area contributed by atoms with Crippen LogP contribution >= 0.6 is 0 Å². The number of carbonyl (C=O) groups is 1.